The summed E-state index contributed by atoms with van der Waals surface area (Å²) in [7, 11) is 0. The van der Waals surface area contributed by atoms with Crippen molar-refractivity contribution in [3.05, 3.63) is 0 Å². The highest BCUT2D eigenvalue weighted by atomic mass is 32.2. The highest BCUT2D eigenvalue weighted by molar-refractivity contribution is 8.00. The largest absolute Gasteiger partial charge is 0.480 e. The lowest BCUT2D eigenvalue weighted by Gasteiger charge is -2.22. The maximum Gasteiger partial charge on any atom is 0.408 e. The van der Waals surface area contributed by atoms with Gasteiger partial charge in [-0.1, -0.05) is 6.42 Å². The van der Waals surface area contributed by atoms with E-state index in [0.29, 0.717) is 31.1 Å². The van der Waals surface area contributed by atoms with Crippen LogP contribution in [0.15, 0.2) is 0 Å². The van der Waals surface area contributed by atoms with Crippen LogP contribution < -0.4 is 21.3 Å². The molecule has 182 valence electrons. The Labute approximate surface area is 193 Å². The van der Waals surface area contributed by atoms with Crippen LogP contribution in [0.5, 0.6) is 0 Å². The molecule has 2 aliphatic heterocycles. The van der Waals surface area contributed by atoms with Crippen LogP contribution in [0.4, 0.5) is 9.59 Å². The number of carboxylic acid groups (broad SMARTS) is 1. The number of amides is 4. The molecule has 0 aromatic heterocycles. The van der Waals surface area contributed by atoms with E-state index >= 15 is 0 Å². The Morgan fingerprint density at radius 3 is 2.62 bits per heavy atom. The van der Waals surface area contributed by atoms with Crippen molar-refractivity contribution < 1.29 is 29.0 Å². The molecule has 2 rings (SSSR count). The second kappa shape index (κ2) is 12.2. The molecule has 0 spiro atoms. The number of alkyl carbamates (subject to hydrolysis) is 1. The smallest absolute Gasteiger partial charge is 0.408 e. The number of aliphatic carboxylic acids is 1. The monoisotopic (exact) mass is 472 g/mol. The summed E-state index contributed by atoms with van der Waals surface area (Å²) in [4.78, 5) is 46.5. The lowest BCUT2D eigenvalue weighted by Crippen LogP contribution is -2.43. The normalized spacial score (nSPS) is 23.0. The van der Waals surface area contributed by atoms with Crippen molar-refractivity contribution in [2.24, 2.45) is 0 Å². The molecule has 2 fully saturated rings. The van der Waals surface area contributed by atoms with Crippen LogP contribution in [-0.4, -0.2) is 70.4 Å². The highest BCUT2D eigenvalue weighted by Gasteiger charge is 2.42. The van der Waals surface area contributed by atoms with Crippen LogP contribution in [0.3, 0.4) is 0 Å². The molecule has 32 heavy (non-hydrogen) atoms. The average Bonchev–Trinajstić information content (AvgIpc) is 3.21. The van der Waals surface area contributed by atoms with Gasteiger partial charge in [-0.05, 0) is 52.9 Å². The molecule has 10 nitrogen and oxygen atoms in total. The minimum atomic E-state index is -1.11. The number of unbranched alkanes of at least 4 members (excludes halogenated alkanes) is 2. The number of carbonyl (C=O) groups is 4. The van der Waals surface area contributed by atoms with Gasteiger partial charge in [-0.15, -0.1) is 0 Å². The van der Waals surface area contributed by atoms with Crippen molar-refractivity contribution >= 4 is 35.8 Å². The third kappa shape index (κ3) is 9.13. The molecule has 0 bridgehead atoms. The summed E-state index contributed by atoms with van der Waals surface area (Å²) in [5, 5.41) is 20.8. The topological polar surface area (TPSA) is 146 Å². The van der Waals surface area contributed by atoms with Crippen LogP contribution in [0.1, 0.15) is 65.7 Å². The first kappa shape index (κ1) is 26.1. The van der Waals surface area contributed by atoms with E-state index in [4.69, 9.17) is 4.74 Å². The highest BCUT2D eigenvalue weighted by Crippen LogP contribution is 2.33. The number of urea groups is 1. The zero-order valence-electron chi connectivity index (χ0n) is 19.1. The number of hydrogen-bond acceptors (Lipinski definition) is 6. The zero-order valence-corrected chi connectivity index (χ0v) is 19.9. The molecule has 0 radical (unpaired) electrons. The standard InChI is InChI=1S/C21H36N4O6S/c1-21(2,3)31-20(30)24-13(18(27)28)8-6-7-11-22-16(26)10-5-4-9-15-17-14(12-32-15)23-19(29)25-17/h13-15,17H,4-12H2,1-3H3,(H,22,26)(H,24,30)(H,27,28)(H2,23,25,29)/t13-,14?,15-,17?/m0/s1. The maximum absolute atomic E-state index is 12.0. The number of nitrogens with one attached hydrogen (secondary N) is 4. The van der Waals surface area contributed by atoms with Gasteiger partial charge in [0.05, 0.1) is 12.1 Å². The molecule has 0 aromatic carbocycles. The molecule has 11 heteroatoms. The fraction of sp³-hybridized carbons (Fsp3) is 0.810. The van der Waals surface area contributed by atoms with E-state index in [0.717, 1.165) is 25.0 Å². The molecule has 2 unspecified atom stereocenters. The minimum absolute atomic E-state index is 0.0144. The quantitative estimate of drug-likeness (QED) is 0.216. The molecule has 4 atom stereocenters. The third-order valence-corrected chi connectivity index (χ3v) is 6.82. The maximum atomic E-state index is 12.0. The summed E-state index contributed by atoms with van der Waals surface area (Å²) in [6, 6.07) is -0.685. The molecule has 2 saturated heterocycles. The number of hydrogen-bond donors (Lipinski definition) is 5. The molecule has 4 amide bonds. The van der Waals surface area contributed by atoms with Gasteiger partial charge in [0.2, 0.25) is 5.91 Å². The van der Waals surface area contributed by atoms with Crippen LogP contribution in [-0.2, 0) is 14.3 Å². The van der Waals surface area contributed by atoms with Gasteiger partial charge >= 0.3 is 18.1 Å². The zero-order chi connectivity index (χ0) is 23.7. The van der Waals surface area contributed by atoms with Crippen molar-refractivity contribution in [2.75, 3.05) is 12.3 Å². The summed E-state index contributed by atoms with van der Waals surface area (Å²) >= 11 is 1.87. The number of ether oxygens (including phenoxy) is 1. The Balaban J connectivity index is 1.51. The van der Waals surface area contributed by atoms with Crippen molar-refractivity contribution in [2.45, 2.75) is 94.7 Å². The van der Waals surface area contributed by atoms with Gasteiger partial charge in [0.25, 0.3) is 0 Å². The summed E-state index contributed by atoms with van der Waals surface area (Å²) in [6.45, 7) is 5.60. The summed E-state index contributed by atoms with van der Waals surface area (Å²) < 4.78 is 5.09. The number of carbonyl (C=O) groups excluding carboxylic acids is 3. The molecular formula is C21H36N4O6S. The summed E-state index contributed by atoms with van der Waals surface area (Å²) in [5.74, 6) is -0.191. The summed E-state index contributed by atoms with van der Waals surface area (Å²) in [6.07, 6.45) is 3.83. The molecule has 2 aliphatic rings. The number of rotatable bonds is 12. The number of thioether (sulfide) groups is 1. The van der Waals surface area contributed by atoms with E-state index in [1.54, 1.807) is 20.8 Å². The fourth-order valence-corrected chi connectivity index (χ4v) is 5.31. The van der Waals surface area contributed by atoms with E-state index < -0.39 is 23.7 Å². The third-order valence-electron chi connectivity index (χ3n) is 5.31. The first-order valence-corrected chi connectivity index (χ1v) is 12.3. The Bertz CT molecular complexity index is 684. The van der Waals surface area contributed by atoms with E-state index in [-0.39, 0.29) is 30.4 Å². The van der Waals surface area contributed by atoms with E-state index in [2.05, 4.69) is 21.3 Å². The molecule has 2 heterocycles. The van der Waals surface area contributed by atoms with Gasteiger partial charge in [-0.3, -0.25) is 4.79 Å². The predicted molar refractivity (Wildman–Crippen MR) is 122 cm³/mol. The molecule has 0 aliphatic carbocycles. The van der Waals surface area contributed by atoms with Gasteiger partial charge in [-0.2, -0.15) is 11.8 Å². The van der Waals surface area contributed by atoms with Gasteiger partial charge in [-0.25, -0.2) is 14.4 Å². The number of carboxylic acids is 1. The number of fused-ring (bicyclic) bond motifs is 1. The van der Waals surface area contributed by atoms with E-state index in [9.17, 15) is 24.3 Å². The van der Waals surface area contributed by atoms with Crippen LogP contribution in [0.2, 0.25) is 0 Å². The van der Waals surface area contributed by atoms with Crippen molar-refractivity contribution in [1.82, 2.24) is 21.3 Å². The minimum Gasteiger partial charge on any atom is -0.480 e. The first-order valence-electron chi connectivity index (χ1n) is 11.2. The second-order valence-electron chi connectivity index (χ2n) is 9.25. The molecular weight excluding hydrogens is 436 g/mol. The fourth-order valence-electron chi connectivity index (χ4n) is 3.77. The Morgan fingerprint density at radius 2 is 1.94 bits per heavy atom. The van der Waals surface area contributed by atoms with Crippen molar-refractivity contribution in [3.63, 3.8) is 0 Å². The van der Waals surface area contributed by atoms with Crippen molar-refractivity contribution in [3.8, 4) is 0 Å². The second-order valence-corrected chi connectivity index (χ2v) is 10.5. The van der Waals surface area contributed by atoms with E-state index in [1.807, 2.05) is 11.8 Å². The van der Waals surface area contributed by atoms with Gasteiger partial charge < -0.3 is 31.1 Å². The van der Waals surface area contributed by atoms with Gasteiger partial charge in [0.15, 0.2) is 0 Å². The molecule has 0 saturated carbocycles. The van der Waals surface area contributed by atoms with Gasteiger partial charge in [0.1, 0.15) is 11.6 Å². The Hall–Kier alpha value is -2.17. The molecule has 5 N–H and O–H groups in total. The van der Waals surface area contributed by atoms with Gasteiger partial charge in [0, 0.05) is 24.0 Å². The SMILES string of the molecule is CC(C)(C)OC(=O)N[C@@H](CCCCNC(=O)CCCC[C@@H]1SCC2NC(=O)NC21)C(=O)O. The Kier molecular flexibility index (Phi) is 9.92. The van der Waals surface area contributed by atoms with Crippen LogP contribution in [0.25, 0.3) is 0 Å². The lowest BCUT2D eigenvalue weighted by atomic mass is 10.0. The van der Waals surface area contributed by atoms with Crippen LogP contribution >= 0.6 is 11.8 Å². The summed E-state index contributed by atoms with van der Waals surface area (Å²) in [5.41, 5.74) is -0.695. The molecule has 0 aromatic rings. The predicted octanol–water partition coefficient (Wildman–Crippen LogP) is 1.98. The van der Waals surface area contributed by atoms with Crippen molar-refractivity contribution in [1.29, 1.82) is 0 Å². The average molecular weight is 473 g/mol. The van der Waals surface area contributed by atoms with Crippen LogP contribution in [0, 0.1) is 0 Å². The lowest BCUT2D eigenvalue weighted by molar-refractivity contribution is -0.139. The first-order chi connectivity index (χ1) is 15.0. The Morgan fingerprint density at radius 1 is 1.19 bits per heavy atom. The van der Waals surface area contributed by atoms with E-state index in [1.165, 1.54) is 0 Å².